The molecule has 0 aliphatic heterocycles. The predicted octanol–water partition coefficient (Wildman–Crippen LogP) is 5.03. The van der Waals surface area contributed by atoms with Gasteiger partial charge in [0.25, 0.3) is 0 Å². The van der Waals surface area contributed by atoms with Crippen LogP contribution < -0.4 is 10.6 Å². The molecule has 4 rings (SSSR count). The summed E-state index contributed by atoms with van der Waals surface area (Å²) in [5, 5.41) is 15.9. The van der Waals surface area contributed by atoms with E-state index in [1.165, 1.54) is 0 Å². The van der Waals surface area contributed by atoms with Gasteiger partial charge in [-0.05, 0) is 60.5 Å². The Balaban J connectivity index is 1.57. The van der Waals surface area contributed by atoms with Gasteiger partial charge in [-0.1, -0.05) is 35.9 Å². The van der Waals surface area contributed by atoms with E-state index in [9.17, 15) is 9.90 Å². The minimum Gasteiger partial charge on any atom is -0.508 e. The van der Waals surface area contributed by atoms with Crippen LogP contribution in [-0.2, 0) is 6.42 Å². The second kappa shape index (κ2) is 8.24. The van der Waals surface area contributed by atoms with Gasteiger partial charge < -0.3 is 20.7 Å². The Morgan fingerprint density at radius 1 is 1.03 bits per heavy atom. The Hall–Kier alpha value is -3.51. The average molecular weight is 407 g/mol. The van der Waals surface area contributed by atoms with E-state index in [4.69, 9.17) is 11.6 Å². The number of carbonyl (C=O) groups is 1. The minimum atomic E-state index is -0.390. The van der Waals surface area contributed by atoms with Gasteiger partial charge in [-0.2, -0.15) is 0 Å². The number of amides is 2. The number of rotatable bonds is 5. The number of urea groups is 1. The number of benzene rings is 3. The molecule has 0 saturated heterocycles. The van der Waals surface area contributed by atoms with Crippen molar-refractivity contribution < 1.29 is 9.90 Å². The lowest BCUT2D eigenvalue weighted by Crippen LogP contribution is -2.34. The number of carbonyl (C=O) groups excluding carboxylic acids is 1. The fourth-order valence-electron chi connectivity index (χ4n) is 3.08. The number of phenolic OH excluding ortho intramolecular Hbond substituents is 1. The van der Waals surface area contributed by atoms with E-state index < -0.39 is 0 Å². The highest BCUT2D eigenvalue weighted by molar-refractivity contribution is 6.30. The van der Waals surface area contributed by atoms with Crippen molar-refractivity contribution in [3.63, 3.8) is 0 Å². The number of hydrogen-bond acceptors (Lipinski definition) is 3. The second-order valence-corrected chi connectivity index (χ2v) is 7.10. The lowest BCUT2D eigenvalue weighted by atomic mass is 10.1. The number of para-hydroxylation sites is 2. The molecule has 0 spiro atoms. The first-order valence-corrected chi connectivity index (χ1v) is 9.50. The molecule has 0 fully saturated rings. The molecule has 1 heterocycles. The zero-order valence-corrected chi connectivity index (χ0v) is 16.1. The summed E-state index contributed by atoms with van der Waals surface area (Å²) in [6.07, 6.45) is 0.508. The molecule has 0 saturated carbocycles. The van der Waals surface area contributed by atoms with Gasteiger partial charge in [-0.3, -0.25) is 0 Å². The highest BCUT2D eigenvalue weighted by Gasteiger charge is 2.19. The lowest BCUT2D eigenvalue weighted by molar-refractivity contribution is 0.248. The van der Waals surface area contributed by atoms with Gasteiger partial charge in [0.2, 0.25) is 0 Å². The van der Waals surface area contributed by atoms with Crippen molar-refractivity contribution in [2.45, 2.75) is 12.5 Å². The number of nitrogens with zero attached hydrogens (tertiary/aromatic N) is 1. The van der Waals surface area contributed by atoms with Crippen molar-refractivity contribution in [3.8, 4) is 5.75 Å². The molecule has 29 heavy (non-hydrogen) atoms. The number of imidazole rings is 1. The van der Waals surface area contributed by atoms with E-state index in [1.54, 1.807) is 36.4 Å². The summed E-state index contributed by atoms with van der Waals surface area (Å²) >= 11 is 5.89. The number of hydrogen-bond donors (Lipinski definition) is 4. The summed E-state index contributed by atoms with van der Waals surface area (Å²) in [6.45, 7) is 0. The third-order valence-electron chi connectivity index (χ3n) is 4.52. The number of halogens is 1. The third-order valence-corrected chi connectivity index (χ3v) is 4.77. The van der Waals surface area contributed by atoms with E-state index in [0.29, 0.717) is 23.0 Å². The molecule has 4 aromatic rings. The van der Waals surface area contributed by atoms with Crippen LogP contribution >= 0.6 is 11.6 Å². The number of phenols is 1. The molecule has 0 aliphatic carbocycles. The molecule has 146 valence electrons. The molecule has 1 atom stereocenters. The molecule has 0 radical (unpaired) electrons. The highest BCUT2D eigenvalue weighted by Crippen LogP contribution is 2.21. The van der Waals surface area contributed by atoms with Crippen LogP contribution in [0, 0.1) is 0 Å². The van der Waals surface area contributed by atoms with Crippen molar-refractivity contribution in [1.29, 1.82) is 0 Å². The van der Waals surface area contributed by atoms with E-state index in [-0.39, 0.29) is 17.8 Å². The lowest BCUT2D eigenvalue weighted by Gasteiger charge is -2.17. The number of anilines is 1. The SMILES string of the molecule is O=C(Nc1ccc(Cl)cc1)N[C@@H](Cc1ccc(O)cc1)c1nc2ccccc2[nH]1. The van der Waals surface area contributed by atoms with Crippen LogP contribution in [0.4, 0.5) is 10.5 Å². The quantitative estimate of drug-likeness (QED) is 0.375. The number of aromatic amines is 1. The summed E-state index contributed by atoms with van der Waals surface area (Å²) in [7, 11) is 0. The van der Waals surface area contributed by atoms with Gasteiger partial charge >= 0.3 is 6.03 Å². The molecule has 1 aromatic heterocycles. The van der Waals surface area contributed by atoms with Crippen molar-refractivity contribution in [2.75, 3.05) is 5.32 Å². The van der Waals surface area contributed by atoms with E-state index in [2.05, 4.69) is 20.6 Å². The van der Waals surface area contributed by atoms with Crippen LogP contribution in [0.2, 0.25) is 5.02 Å². The maximum Gasteiger partial charge on any atom is 0.319 e. The van der Waals surface area contributed by atoms with Gasteiger partial charge in [0.15, 0.2) is 0 Å². The van der Waals surface area contributed by atoms with Gasteiger partial charge in [0.1, 0.15) is 11.6 Å². The van der Waals surface area contributed by atoms with Crippen LogP contribution in [0.15, 0.2) is 72.8 Å². The fraction of sp³-hybridized carbons (Fsp3) is 0.0909. The molecule has 2 amide bonds. The van der Waals surface area contributed by atoms with Crippen LogP contribution in [0.5, 0.6) is 5.75 Å². The summed E-state index contributed by atoms with van der Waals surface area (Å²) in [5.41, 5.74) is 3.33. The molecule has 0 bridgehead atoms. The van der Waals surface area contributed by atoms with Crippen LogP contribution in [0.25, 0.3) is 11.0 Å². The molecule has 0 unspecified atom stereocenters. The largest absolute Gasteiger partial charge is 0.508 e. The van der Waals surface area contributed by atoms with Gasteiger partial charge in [-0.15, -0.1) is 0 Å². The van der Waals surface area contributed by atoms with Crippen LogP contribution in [0.1, 0.15) is 17.4 Å². The molecular weight excluding hydrogens is 388 g/mol. The average Bonchev–Trinajstić information content (AvgIpc) is 3.15. The van der Waals surface area contributed by atoms with E-state index in [0.717, 1.165) is 16.6 Å². The monoisotopic (exact) mass is 406 g/mol. The van der Waals surface area contributed by atoms with Crippen LogP contribution in [-0.4, -0.2) is 21.1 Å². The molecule has 0 aliphatic rings. The van der Waals surface area contributed by atoms with Crippen LogP contribution in [0.3, 0.4) is 0 Å². The van der Waals surface area contributed by atoms with Crippen molar-refractivity contribution >= 4 is 34.4 Å². The Kier molecular flexibility index (Phi) is 5.35. The smallest absolute Gasteiger partial charge is 0.319 e. The van der Waals surface area contributed by atoms with Gasteiger partial charge in [0, 0.05) is 10.7 Å². The molecular formula is C22H19ClN4O2. The Morgan fingerprint density at radius 3 is 2.48 bits per heavy atom. The zero-order chi connectivity index (χ0) is 20.2. The zero-order valence-electron chi connectivity index (χ0n) is 15.4. The number of aromatic nitrogens is 2. The Morgan fingerprint density at radius 2 is 1.76 bits per heavy atom. The minimum absolute atomic E-state index is 0.197. The topological polar surface area (TPSA) is 90.0 Å². The summed E-state index contributed by atoms with van der Waals surface area (Å²) < 4.78 is 0. The second-order valence-electron chi connectivity index (χ2n) is 6.67. The highest BCUT2D eigenvalue weighted by atomic mass is 35.5. The molecule has 6 nitrogen and oxygen atoms in total. The normalized spacial score (nSPS) is 11.9. The Bertz CT molecular complexity index is 1090. The number of H-pyrrole nitrogens is 1. The van der Waals surface area contributed by atoms with Crippen molar-refractivity contribution in [1.82, 2.24) is 15.3 Å². The maximum atomic E-state index is 12.6. The standard InChI is InChI=1S/C22H19ClN4O2/c23-15-7-9-16(10-8-15)24-22(29)27-20(13-14-5-11-17(28)12-6-14)21-25-18-3-1-2-4-19(18)26-21/h1-12,20,28H,13H2,(H,25,26)(H2,24,27,29)/t20-/m0/s1. The molecule has 7 heteroatoms. The first-order valence-electron chi connectivity index (χ1n) is 9.12. The predicted molar refractivity (Wildman–Crippen MR) is 114 cm³/mol. The first-order chi connectivity index (χ1) is 14.1. The first kappa shape index (κ1) is 18.8. The Labute approximate surface area is 172 Å². The van der Waals surface area contributed by atoms with Crippen molar-refractivity contribution in [3.05, 3.63) is 89.2 Å². The number of nitrogens with one attached hydrogen (secondary N) is 3. The van der Waals surface area contributed by atoms with E-state index >= 15 is 0 Å². The number of fused-ring (bicyclic) bond motifs is 1. The summed E-state index contributed by atoms with van der Waals surface area (Å²) in [5.74, 6) is 0.855. The number of aromatic hydroxyl groups is 1. The summed E-state index contributed by atoms with van der Waals surface area (Å²) in [6, 6.07) is 20.8. The third kappa shape index (κ3) is 4.67. The van der Waals surface area contributed by atoms with Gasteiger partial charge in [0.05, 0.1) is 17.1 Å². The maximum absolute atomic E-state index is 12.6. The van der Waals surface area contributed by atoms with Crippen molar-refractivity contribution in [2.24, 2.45) is 0 Å². The van der Waals surface area contributed by atoms with Gasteiger partial charge in [-0.25, -0.2) is 9.78 Å². The fourth-order valence-corrected chi connectivity index (χ4v) is 3.21. The molecule has 3 aromatic carbocycles. The summed E-state index contributed by atoms with van der Waals surface area (Å²) in [4.78, 5) is 20.5. The molecule has 4 N–H and O–H groups in total. The van der Waals surface area contributed by atoms with E-state index in [1.807, 2.05) is 36.4 Å².